The van der Waals surface area contributed by atoms with E-state index in [9.17, 15) is 0 Å². The summed E-state index contributed by atoms with van der Waals surface area (Å²) in [5.41, 5.74) is 4.11. The molecule has 2 aromatic heterocycles. The molecule has 0 bridgehead atoms. The highest BCUT2D eigenvalue weighted by Gasteiger charge is 2.14. The second kappa shape index (κ2) is 16.5. The Morgan fingerprint density at radius 3 is 1.02 bits per heavy atom. The van der Waals surface area contributed by atoms with Crippen LogP contribution in [-0.2, 0) is 12.8 Å². The zero-order chi connectivity index (χ0) is 35.6. The zero-order valence-corrected chi connectivity index (χ0v) is 29.7. The van der Waals surface area contributed by atoms with Crippen molar-refractivity contribution in [3.05, 3.63) is 108 Å². The maximum atomic E-state index is 5.43. The third-order valence-electron chi connectivity index (χ3n) is 8.34. The van der Waals surface area contributed by atoms with Crippen LogP contribution in [0.25, 0.3) is 21.5 Å². The van der Waals surface area contributed by atoms with Gasteiger partial charge in [-0.15, -0.1) is 0 Å². The van der Waals surface area contributed by atoms with Crippen molar-refractivity contribution in [2.75, 3.05) is 56.9 Å². The van der Waals surface area contributed by atoms with Crippen LogP contribution in [0, 0.1) is 0 Å². The monoisotopic (exact) mass is 678 g/mol. The molecule has 0 unspecified atom stereocenters. The van der Waals surface area contributed by atoms with Crippen molar-refractivity contribution < 1.29 is 37.9 Å². The SMILES string of the molecule is COc1ccc(Cc2nccc3cc(OC)c(OC)cc23)cc1OC.COc1ccc(Cc2nccc3cc(OC)c(OC)cc23)cc1OC. The summed E-state index contributed by atoms with van der Waals surface area (Å²) >= 11 is 0. The van der Waals surface area contributed by atoms with Crippen LogP contribution < -0.4 is 37.9 Å². The molecule has 0 amide bonds. The van der Waals surface area contributed by atoms with E-state index in [1.807, 2.05) is 85.2 Å². The quantitative estimate of drug-likeness (QED) is 0.128. The van der Waals surface area contributed by atoms with E-state index in [-0.39, 0.29) is 0 Å². The Morgan fingerprint density at radius 1 is 0.360 bits per heavy atom. The third-order valence-corrected chi connectivity index (χ3v) is 8.34. The van der Waals surface area contributed by atoms with Gasteiger partial charge in [0, 0.05) is 36.0 Å². The molecule has 0 atom stereocenters. The minimum atomic E-state index is 0.674. The van der Waals surface area contributed by atoms with E-state index in [0.717, 1.165) is 44.1 Å². The Hall–Kier alpha value is -5.90. The average Bonchev–Trinajstić information content (AvgIpc) is 3.17. The Balaban J connectivity index is 0.000000194. The van der Waals surface area contributed by atoms with Gasteiger partial charge in [-0.2, -0.15) is 0 Å². The molecule has 0 saturated carbocycles. The van der Waals surface area contributed by atoms with Crippen LogP contribution in [0.4, 0.5) is 0 Å². The lowest BCUT2D eigenvalue weighted by Crippen LogP contribution is -1.97. The number of aromatic nitrogens is 2. The zero-order valence-electron chi connectivity index (χ0n) is 29.7. The van der Waals surface area contributed by atoms with E-state index in [1.165, 1.54) is 0 Å². The van der Waals surface area contributed by atoms with E-state index in [4.69, 9.17) is 37.9 Å². The third kappa shape index (κ3) is 7.70. The highest BCUT2D eigenvalue weighted by molar-refractivity contribution is 5.89. The number of ether oxygens (including phenoxy) is 8. The molecule has 6 aromatic rings. The highest BCUT2D eigenvalue weighted by atomic mass is 16.5. The molecule has 0 fully saturated rings. The fraction of sp³-hybridized carbons (Fsp3) is 0.250. The van der Waals surface area contributed by atoms with Gasteiger partial charge in [0.2, 0.25) is 0 Å². The minimum absolute atomic E-state index is 0.674. The fourth-order valence-electron chi connectivity index (χ4n) is 5.77. The van der Waals surface area contributed by atoms with Gasteiger partial charge in [0.25, 0.3) is 0 Å². The molecule has 0 aliphatic heterocycles. The maximum Gasteiger partial charge on any atom is 0.161 e. The first-order valence-corrected chi connectivity index (χ1v) is 15.8. The van der Waals surface area contributed by atoms with E-state index in [0.29, 0.717) is 58.8 Å². The molecular formula is C40H42N2O8. The number of nitrogens with zero attached hydrogens (tertiary/aromatic N) is 2. The first kappa shape index (κ1) is 35.4. The minimum Gasteiger partial charge on any atom is -0.493 e. The summed E-state index contributed by atoms with van der Waals surface area (Å²) in [6.07, 6.45) is 4.97. The topological polar surface area (TPSA) is 99.6 Å². The molecule has 50 heavy (non-hydrogen) atoms. The van der Waals surface area contributed by atoms with Crippen LogP contribution in [0.3, 0.4) is 0 Å². The van der Waals surface area contributed by atoms with Gasteiger partial charge in [0.1, 0.15) is 0 Å². The van der Waals surface area contributed by atoms with Crippen molar-refractivity contribution in [2.24, 2.45) is 0 Å². The van der Waals surface area contributed by atoms with Gasteiger partial charge in [-0.3, -0.25) is 9.97 Å². The fourth-order valence-corrected chi connectivity index (χ4v) is 5.77. The van der Waals surface area contributed by atoms with E-state index < -0.39 is 0 Å². The molecule has 2 heterocycles. The number of rotatable bonds is 12. The maximum absolute atomic E-state index is 5.43. The van der Waals surface area contributed by atoms with Crippen molar-refractivity contribution >= 4 is 21.5 Å². The highest BCUT2D eigenvalue weighted by Crippen LogP contribution is 2.36. The van der Waals surface area contributed by atoms with E-state index >= 15 is 0 Å². The Labute approximate surface area is 292 Å². The van der Waals surface area contributed by atoms with Crippen LogP contribution in [0.5, 0.6) is 46.0 Å². The number of benzene rings is 4. The van der Waals surface area contributed by atoms with Gasteiger partial charge in [-0.25, -0.2) is 0 Å². The number of methoxy groups -OCH3 is 8. The lowest BCUT2D eigenvalue weighted by atomic mass is 10.0. The first-order valence-electron chi connectivity index (χ1n) is 15.8. The predicted molar refractivity (Wildman–Crippen MR) is 194 cm³/mol. The van der Waals surface area contributed by atoms with Crippen LogP contribution in [0.15, 0.2) is 85.2 Å². The van der Waals surface area contributed by atoms with E-state index in [2.05, 4.69) is 9.97 Å². The van der Waals surface area contributed by atoms with Gasteiger partial charge in [0.15, 0.2) is 46.0 Å². The molecular weight excluding hydrogens is 636 g/mol. The van der Waals surface area contributed by atoms with Gasteiger partial charge in [-0.1, -0.05) is 12.1 Å². The summed E-state index contributed by atoms with van der Waals surface area (Å²) in [6.45, 7) is 0. The van der Waals surface area contributed by atoms with Crippen LogP contribution in [-0.4, -0.2) is 66.8 Å². The van der Waals surface area contributed by atoms with Gasteiger partial charge < -0.3 is 37.9 Å². The molecule has 0 saturated heterocycles. The molecule has 4 aromatic carbocycles. The molecule has 0 radical (unpaired) electrons. The number of hydrogen-bond donors (Lipinski definition) is 0. The van der Waals surface area contributed by atoms with Crippen LogP contribution >= 0.6 is 0 Å². The van der Waals surface area contributed by atoms with Gasteiger partial charge in [0.05, 0.1) is 68.3 Å². The van der Waals surface area contributed by atoms with Crippen molar-refractivity contribution in [2.45, 2.75) is 12.8 Å². The van der Waals surface area contributed by atoms with Crippen molar-refractivity contribution in [3.8, 4) is 46.0 Å². The molecule has 10 nitrogen and oxygen atoms in total. The number of fused-ring (bicyclic) bond motifs is 2. The largest absolute Gasteiger partial charge is 0.493 e. The Morgan fingerprint density at radius 2 is 0.680 bits per heavy atom. The van der Waals surface area contributed by atoms with Gasteiger partial charge in [-0.05, 0) is 82.6 Å². The standard InChI is InChI=1S/2C20H21NO4/c2*1-22-17-6-5-13(10-18(17)23-2)9-16-15-12-20(25-4)19(24-3)11-14(15)7-8-21-16/h2*5-8,10-12H,9H2,1-4H3. The molecule has 6 rings (SSSR count). The summed E-state index contributed by atoms with van der Waals surface area (Å²) in [5.74, 6) is 5.63. The summed E-state index contributed by atoms with van der Waals surface area (Å²) in [7, 11) is 13.1. The molecule has 0 spiro atoms. The number of pyridine rings is 2. The Bertz CT molecular complexity index is 1930. The summed E-state index contributed by atoms with van der Waals surface area (Å²) in [5, 5.41) is 4.19. The summed E-state index contributed by atoms with van der Waals surface area (Å²) in [4.78, 5) is 9.13. The first-order chi connectivity index (χ1) is 24.4. The van der Waals surface area contributed by atoms with Crippen LogP contribution in [0.1, 0.15) is 22.5 Å². The molecule has 0 aliphatic rings. The number of hydrogen-bond acceptors (Lipinski definition) is 10. The molecule has 260 valence electrons. The summed E-state index contributed by atoms with van der Waals surface area (Å²) < 4.78 is 43.0. The normalized spacial score (nSPS) is 10.6. The lowest BCUT2D eigenvalue weighted by Gasteiger charge is -2.12. The molecule has 0 N–H and O–H groups in total. The molecule has 0 aliphatic carbocycles. The smallest absolute Gasteiger partial charge is 0.161 e. The van der Waals surface area contributed by atoms with Crippen molar-refractivity contribution in [1.82, 2.24) is 9.97 Å². The second-order valence-electron chi connectivity index (χ2n) is 11.1. The van der Waals surface area contributed by atoms with Crippen molar-refractivity contribution in [1.29, 1.82) is 0 Å². The second-order valence-corrected chi connectivity index (χ2v) is 11.1. The summed E-state index contributed by atoms with van der Waals surface area (Å²) in [6, 6.07) is 23.6. The average molecular weight is 679 g/mol. The van der Waals surface area contributed by atoms with Crippen LogP contribution in [0.2, 0.25) is 0 Å². The van der Waals surface area contributed by atoms with E-state index in [1.54, 1.807) is 56.9 Å². The Kier molecular flexibility index (Phi) is 11.7. The predicted octanol–water partition coefficient (Wildman–Crippen LogP) is 7.72. The van der Waals surface area contributed by atoms with Crippen molar-refractivity contribution in [3.63, 3.8) is 0 Å². The van der Waals surface area contributed by atoms with Gasteiger partial charge >= 0.3 is 0 Å². The lowest BCUT2D eigenvalue weighted by molar-refractivity contribution is 0.354. The molecule has 10 heteroatoms.